The first kappa shape index (κ1) is 21.2. The Morgan fingerprint density at radius 2 is 1.79 bits per heavy atom. The number of anilines is 1. The van der Waals surface area contributed by atoms with Crippen molar-refractivity contribution in [3.05, 3.63) is 12.7 Å². The van der Waals surface area contributed by atoms with Gasteiger partial charge in [-0.15, -0.1) is 0 Å². The lowest BCUT2D eigenvalue weighted by atomic mass is 10.1. The van der Waals surface area contributed by atoms with Gasteiger partial charge in [-0.05, 0) is 39.5 Å². The summed E-state index contributed by atoms with van der Waals surface area (Å²) in [5.41, 5.74) is 6.48. The van der Waals surface area contributed by atoms with E-state index in [0.29, 0.717) is 23.5 Å². The highest BCUT2D eigenvalue weighted by molar-refractivity contribution is 7.53. The Hall–Kier alpha value is -1.54. The van der Waals surface area contributed by atoms with Gasteiger partial charge in [-0.25, -0.2) is 15.0 Å². The van der Waals surface area contributed by atoms with E-state index in [0.717, 1.165) is 6.42 Å². The van der Waals surface area contributed by atoms with E-state index in [4.69, 9.17) is 19.5 Å². The highest BCUT2D eigenvalue weighted by Gasteiger charge is 2.63. The van der Waals surface area contributed by atoms with E-state index in [1.807, 2.05) is 32.3 Å². The van der Waals surface area contributed by atoms with Gasteiger partial charge in [-0.2, -0.15) is 0 Å². The van der Waals surface area contributed by atoms with Gasteiger partial charge < -0.3 is 24.1 Å². The van der Waals surface area contributed by atoms with Crippen LogP contribution in [-0.2, 0) is 24.9 Å². The minimum Gasteiger partial charge on any atom is -0.382 e. The molecule has 1 atom stereocenters. The molecule has 10 heteroatoms. The number of fused-ring (bicyclic) bond motifs is 1. The summed E-state index contributed by atoms with van der Waals surface area (Å²) in [6.45, 7) is 12.1. The van der Waals surface area contributed by atoms with Crippen LogP contribution in [0.4, 0.5) is 5.82 Å². The third-order valence-corrected chi connectivity index (χ3v) is 6.86. The minimum atomic E-state index is -3.38. The van der Waals surface area contributed by atoms with Gasteiger partial charge in [0.15, 0.2) is 11.5 Å². The Labute approximate surface area is 165 Å². The second-order valence-electron chi connectivity index (χ2n) is 8.55. The molecule has 0 aliphatic heterocycles. The van der Waals surface area contributed by atoms with Crippen LogP contribution >= 0.6 is 7.60 Å². The Bertz CT molecular complexity index is 883. The first-order chi connectivity index (χ1) is 13.0. The predicted octanol–water partition coefficient (Wildman–Crippen LogP) is 3.59. The number of nitrogens with two attached hydrogens (primary N) is 1. The molecule has 0 saturated heterocycles. The molecule has 28 heavy (non-hydrogen) atoms. The summed E-state index contributed by atoms with van der Waals surface area (Å²) in [6.07, 6.45) is 3.36. The molecule has 0 radical (unpaired) electrons. The van der Waals surface area contributed by atoms with Gasteiger partial charge in [0.1, 0.15) is 18.2 Å². The topological polar surface area (TPSA) is 114 Å². The number of nitrogens with zero attached hydrogens (tertiary/aromatic N) is 4. The van der Waals surface area contributed by atoms with Crippen molar-refractivity contribution in [3.8, 4) is 0 Å². The van der Waals surface area contributed by atoms with Crippen LogP contribution in [0.5, 0.6) is 0 Å². The monoisotopic (exact) mass is 411 g/mol. The maximum Gasteiger partial charge on any atom is 0.356 e. The summed E-state index contributed by atoms with van der Waals surface area (Å²) >= 11 is 0. The molecule has 0 bridgehead atoms. The first-order valence-electron chi connectivity index (χ1n) is 9.48. The molecule has 1 fully saturated rings. The Morgan fingerprint density at radius 1 is 1.18 bits per heavy atom. The number of hydrogen-bond donors (Lipinski definition) is 1. The van der Waals surface area contributed by atoms with Crippen molar-refractivity contribution in [1.29, 1.82) is 0 Å². The molecule has 2 aromatic rings. The molecule has 0 amide bonds. The summed E-state index contributed by atoms with van der Waals surface area (Å²) in [7, 11) is -3.38. The zero-order chi connectivity index (χ0) is 20.7. The zero-order valence-electron chi connectivity index (χ0n) is 17.4. The van der Waals surface area contributed by atoms with Gasteiger partial charge in [-0.3, -0.25) is 4.57 Å². The smallest absolute Gasteiger partial charge is 0.356 e. The lowest BCUT2D eigenvalue weighted by molar-refractivity contribution is 0.00450. The fraction of sp³-hybridized carbons (Fsp3) is 0.722. The van der Waals surface area contributed by atoms with Crippen LogP contribution in [0.3, 0.4) is 0 Å². The van der Waals surface area contributed by atoms with Gasteiger partial charge in [0, 0.05) is 0 Å². The second kappa shape index (κ2) is 7.37. The van der Waals surface area contributed by atoms with E-state index >= 15 is 0 Å². The van der Waals surface area contributed by atoms with Crippen molar-refractivity contribution in [1.82, 2.24) is 19.5 Å². The summed E-state index contributed by atoms with van der Waals surface area (Å²) in [6, 6.07) is 0. The number of ether oxygens (including phenoxy) is 1. The Balaban J connectivity index is 1.81. The molecule has 1 aliphatic carbocycles. The van der Waals surface area contributed by atoms with E-state index in [-0.39, 0.29) is 24.0 Å². The van der Waals surface area contributed by atoms with E-state index < -0.39 is 13.2 Å². The molecule has 0 aromatic carbocycles. The number of nitrogen functional groups attached to an aromatic ring is 1. The van der Waals surface area contributed by atoms with Gasteiger partial charge in [0.2, 0.25) is 0 Å². The van der Waals surface area contributed by atoms with Crippen molar-refractivity contribution >= 4 is 24.6 Å². The SMILES string of the molecule is CC(C)OP(=O)(COC1(Cn2cnc3c(N)ncnc32)CC1(C)C)OC(C)C. The molecule has 1 saturated carbocycles. The van der Waals surface area contributed by atoms with Crippen LogP contribution in [-0.4, -0.2) is 43.7 Å². The van der Waals surface area contributed by atoms with Crippen LogP contribution in [0.25, 0.3) is 11.2 Å². The van der Waals surface area contributed by atoms with Gasteiger partial charge in [0.25, 0.3) is 0 Å². The van der Waals surface area contributed by atoms with Gasteiger partial charge in [0.05, 0.1) is 30.7 Å². The third-order valence-electron chi connectivity index (χ3n) is 4.93. The van der Waals surface area contributed by atoms with Crippen LogP contribution in [0.2, 0.25) is 0 Å². The average Bonchev–Trinajstić information content (AvgIpc) is 2.87. The summed E-state index contributed by atoms with van der Waals surface area (Å²) in [5, 5.41) is 0. The molecular formula is C18H30N5O4P. The maximum absolute atomic E-state index is 13.2. The van der Waals surface area contributed by atoms with E-state index in [9.17, 15) is 4.57 Å². The molecule has 156 valence electrons. The minimum absolute atomic E-state index is 0.0946. The van der Waals surface area contributed by atoms with Crippen molar-refractivity contribution in [3.63, 3.8) is 0 Å². The highest BCUT2D eigenvalue weighted by atomic mass is 31.2. The molecule has 2 aromatic heterocycles. The summed E-state index contributed by atoms with van der Waals surface area (Å²) in [5.74, 6) is 0.342. The standard InChI is InChI=1S/C18H30N5O4P/c1-12(2)26-28(24,27-13(3)4)11-25-18(7-17(18,5)6)8-23-10-22-14-15(19)20-9-21-16(14)23/h9-10,12-13H,7-8,11H2,1-6H3,(H2,19,20,21). The Morgan fingerprint density at radius 3 is 2.32 bits per heavy atom. The number of imidazole rings is 1. The third kappa shape index (κ3) is 4.22. The van der Waals surface area contributed by atoms with E-state index in [2.05, 4.69) is 28.8 Å². The molecule has 2 N–H and O–H groups in total. The van der Waals surface area contributed by atoms with Crippen LogP contribution in [0.1, 0.15) is 48.0 Å². The number of hydrogen-bond acceptors (Lipinski definition) is 8. The van der Waals surface area contributed by atoms with Crippen LogP contribution in [0, 0.1) is 5.41 Å². The Kier molecular flexibility index (Phi) is 5.57. The number of aromatic nitrogens is 4. The van der Waals surface area contributed by atoms with Gasteiger partial charge in [-0.1, -0.05) is 13.8 Å². The molecule has 0 spiro atoms. The fourth-order valence-corrected chi connectivity index (χ4v) is 5.31. The second-order valence-corrected chi connectivity index (χ2v) is 10.5. The molecule has 3 rings (SSSR count). The normalized spacial score (nSPS) is 21.7. The molecule has 1 unspecified atom stereocenters. The zero-order valence-corrected chi connectivity index (χ0v) is 18.3. The number of rotatable bonds is 9. The van der Waals surface area contributed by atoms with Crippen molar-refractivity contribution in [2.45, 2.75) is 72.3 Å². The van der Waals surface area contributed by atoms with E-state index in [1.54, 1.807) is 6.33 Å². The lowest BCUT2D eigenvalue weighted by Gasteiger charge is -2.27. The molecular weight excluding hydrogens is 381 g/mol. The van der Waals surface area contributed by atoms with Crippen LogP contribution in [0.15, 0.2) is 12.7 Å². The molecule has 1 aliphatic rings. The largest absolute Gasteiger partial charge is 0.382 e. The average molecular weight is 411 g/mol. The fourth-order valence-electron chi connectivity index (χ4n) is 3.45. The van der Waals surface area contributed by atoms with E-state index in [1.165, 1.54) is 6.33 Å². The lowest BCUT2D eigenvalue weighted by Crippen LogP contribution is -2.28. The highest BCUT2D eigenvalue weighted by Crippen LogP contribution is 2.62. The molecule has 9 nitrogen and oxygen atoms in total. The van der Waals surface area contributed by atoms with Crippen molar-refractivity contribution < 1.29 is 18.3 Å². The molecule has 2 heterocycles. The van der Waals surface area contributed by atoms with Crippen LogP contribution < -0.4 is 5.73 Å². The van der Waals surface area contributed by atoms with Crippen molar-refractivity contribution in [2.75, 3.05) is 12.1 Å². The summed E-state index contributed by atoms with van der Waals surface area (Å²) in [4.78, 5) is 12.6. The van der Waals surface area contributed by atoms with Gasteiger partial charge >= 0.3 is 7.60 Å². The first-order valence-corrected chi connectivity index (χ1v) is 11.2. The van der Waals surface area contributed by atoms with Crippen molar-refractivity contribution in [2.24, 2.45) is 5.41 Å². The maximum atomic E-state index is 13.2. The predicted molar refractivity (Wildman–Crippen MR) is 107 cm³/mol. The summed E-state index contributed by atoms with van der Waals surface area (Å²) < 4.78 is 32.5. The quantitative estimate of drug-likeness (QED) is 0.623.